The lowest BCUT2D eigenvalue weighted by molar-refractivity contribution is -0.120. The maximum Gasteiger partial charge on any atom is 0.338 e. The third-order valence-electron chi connectivity index (χ3n) is 18.6. The molecule has 612 valence electrons. The van der Waals surface area contributed by atoms with Gasteiger partial charge in [-0.25, -0.2) is 14.4 Å². The number of tetrazole rings is 2. The van der Waals surface area contributed by atoms with E-state index in [1.54, 1.807) is 181 Å². The number of rotatable bonds is 23. The van der Waals surface area contributed by atoms with Gasteiger partial charge in [-0.3, -0.25) is 28.8 Å². The molecule has 14 rings (SSSR count). The summed E-state index contributed by atoms with van der Waals surface area (Å²) in [7, 11) is 0. The number of nitrogens with one attached hydrogen (secondary N) is 3. The Kier molecular flexibility index (Phi) is 27.4. The van der Waals surface area contributed by atoms with Gasteiger partial charge in [0.1, 0.15) is 42.0 Å². The molecular formula is C91H80Cl3N15O12. The fourth-order valence-corrected chi connectivity index (χ4v) is 13.4. The van der Waals surface area contributed by atoms with Crippen molar-refractivity contribution in [1.82, 2.24) is 54.1 Å². The highest BCUT2D eigenvalue weighted by Gasteiger charge is 2.29. The van der Waals surface area contributed by atoms with E-state index in [0.29, 0.717) is 100 Å². The number of nitrogens with two attached hydrogens (primary N) is 1. The first-order chi connectivity index (χ1) is 58.0. The van der Waals surface area contributed by atoms with E-state index in [1.165, 1.54) is 78.2 Å². The van der Waals surface area contributed by atoms with Crippen LogP contribution >= 0.6 is 34.8 Å². The first-order valence-electron chi connectivity index (χ1n) is 37.8. The molecule has 0 spiro atoms. The summed E-state index contributed by atoms with van der Waals surface area (Å²) in [6.45, 7) is 10.8. The number of ether oxygens (including phenoxy) is 2. The first kappa shape index (κ1) is 85.8. The lowest BCUT2D eigenvalue weighted by atomic mass is 10.0. The molecule has 0 aliphatic rings. The van der Waals surface area contributed by atoms with E-state index in [1.807, 2.05) is 91.0 Å². The minimum Gasteiger partial charge on any atom is -0.478 e. The number of esters is 2. The van der Waals surface area contributed by atoms with Gasteiger partial charge in [0.15, 0.2) is 0 Å². The second-order valence-corrected chi connectivity index (χ2v) is 31.0. The van der Waals surface area contributed by atoms with Gasteiger partial charge in [0.2, 0.25) is 17.7 Å². The number of nitrogens with zero attached hydrogens (tertiary/aromatic N) is 11. The van der Waals surface area contributed by atoms with Crippen LogP contribution in [0.25, 0.3) is 44.8 Å². The summed E-state index contributed by atoms with van der Waals surface area (Å²) >= 11 is 18.7. The fourth-order valence-electron chi connectivity index (χ4n) is 12.8. The zero-order valence-corrected chi connectivity index (χ0v) is 68.3. The number of aromatic nitrogens is 11. The van der Waals surface area contributed by atoms with E-state index in [0.717, 1.165) is 16.7 Å². The Morgan fingerprint density at radius 2 is 0.702 bits per heavy atom. The maximum atomic E-state index is 13.7. The van der Waals surface area contributed by atoms with E-state index < -0.39 is 58.7 Å². The summed E-state index contributed by atoms with van der Waals surface area (Å²) in [5.41, 5.74) is 14.1. The molecule has 5 heterocycles. The quantitative estimate of drug-likeness (QED) is 0.0293. The Morgan fingerprint density at radius 3 is 1.00 bits per heavy atom. The lowest BCUT2D eigenvalue weighted by Gasteiger charge is -2.21. The van der Waals surface area contributed by atoms with Crippen LogP contribution in [0.2, 0.25) is 15.1 Å². The van der Waals surface area contributed by atoms with Crippen molar-refractivity contribution >= 4 is 93.2 Å². The van der Waals surface area contributed by atoms with E-state index in [4.69, 9.17) is 55.1 Å². The summed E-state index contributed by atoms with van der Waals surface area (Å²) in [6, 6.07) is 69.4. The van der Waals surface area contributed by atoms with Gasteiger partial charge in [0.05, 0.1) is 28.1 Å². The zero-order chi connectivity index (χ0) is 86.1. The molecule has 27 nitrogen and oxygen atoms in total. The average molecular weight is 1680 g/mol. The number of carboxylic acids is 1. The molecule has 14 aromatic rings. The molecule has 0 radical (unpaired) electrons. The van der Waals surface area contributed by atoms with Crippen LogP contribution in [-0.2, 0) is 43.1 Å². The van der Waals surface area contributed by atoms with Crippen molar-refractivity contribution in [2.75, 3.05) is 21.7 Å². The Balaban J connectivity index is 0.000000166. The molecule has 3 amide bonds. The van der Waals surface area contributed by atoms with Gasteiger partial charge in [0, 0.05) is 111 Å². The molecule has 30 heteroatoms. The largest absolute Gasteiger partial charge is 0.478 e. The molecule has 3 atom stereocenters. The number of carboxylic acid groups (broad SMARTS) is 1. The summed E-state index contributed by atoms with van der Waals surface area (Å²) in [5, 5.41) is 41.8. The molecule has 5 aromatic heterocycles. The number of aromatic carboxylic acids is 1. The van der Waals surface area contributed by atoms with Gasteiger partial charge in [-0.2, -0.15) is 9.36 Å². The topological polar surface area (TPSA) is 356 Å². The van der Waals surface area contributed by atoms with Gasteiger partial charge in [0.25, 0.3) is 16.7 Å². The SMILES string of the molecule is CC(C)(C)OC(=O)c1ccc(NC(=O)C(Cc2ccccc2)n2ccc(-c3cc(Cl)ccc3-n3cnnn3)cc2=O)cc1.CC(C)(C)OC(=O)c1ccc(NC(=O)C(Cc2ccccc2)n2ccc(-c3cc(Cl)ccc3N)cc2=O)cc1.O=C(O)c1ccc(NC(=O)C(Cc2ccccc2)n2ccc(-c3cc(Cl)ccc3-n3cnnn3)cc2=O)cc1. The van der Waals surface area contributed by atoms with Crippen molar-refractivity contribution in [2.45, 2.75) is 90.1 Å². The van der Waals surface area contributed by atoms with Crippen molar-refractivity contribution in [3.8, 4) is 44.8 Å². The number of amides is 3. The molecule has 6 N–H and O–H groups in total. The van der Waals surface area contributed by atoms with Crippen molar-refractivity contribution in [1.29, 1.82) is 0 Å². The molecule has 0 fully saturated rings. The highest BCUT2D eigenvalue weighted by atomic mass is 35.5. The maximum absolute atomic E-state index is 13.7. The van der Waals surface area contributed by atoms with Crippen LogP contribution in [0.15, 0.2) is 300 Å². The Hall–Kier alpha value is -14.5. The van der Waals surface area contributed by atoms with Crippen LogP contribution in [-0.4, -0.2) is 106 Å². The number of carbonyl (C=O) groups excluding carboxylic acids is 5. The van der Waals surface area contributed by atoms with E-state index in [2.05, 4.69) is 47.0 Å². The number of halogens is 3. The van der Waals surface area contributed by atoms with Crippen molar-refractivity contribution in [3.05, 3.63) is 366 Å². The Bertz CT molecular complexity index is 6230. The molecular weight excluding hydrogens is 1600 g/mol. The number of nitrogen functional groups attached to an aromatic ring is 1. The predicted molar refractivity (Wildman–Crippen MR) is 463 cm³/mol. The van der Waals surface area contributed by atoms with Crippen LogP contribution in [0, 0.1) is 0 Å². The number of carbonyl (C=O) groups is 6. The van der Waals surface area contributed by atoms with Crippen LogP contribution in [0.4, 0.5) is 22.7 Å². The number of anilines is 4. The molecule has 9 aromatic carbocycles. The van der Waals surface area contributed by atoms with Crippen LogP contribution < -0.4 is 38.4 Å². The van der Waals surface area contributed by atoms with Gasteiger partial charge < -0.3 is 50.0 Å². The van der Waals surface area contributed by atoms with Crippen LogP contribution in [0.3, 0.4) is 0 Å². The average Bonchev–Trinajstić information content (AvgIpc) is 1.59. The van der Waals surface area contributed by atoms with Crippen molar-refractivity contribution < 1.29 is 43.3 Å². The van der Waals surface area contributed by atoms with E-state index >= 15 is 0 Å². The Labute approximate surface area is 708 Å². The van der Waals surface area contributed by atoms with Gasteiger partial charge >= 0.3 is 17.9 Å². The Morgan fingerprint density at radius 1 is 0.397 bits per heavy atom. The zero-order valence-electron chi connectivity index (χ0n) is 66.1. The fraction of sp³-hybridized carbons (Fsp3) is 0.154. The van der Waals surface area contributed by atoms with Crippen molar-refractivity contribution in [2.24, 2.45) is 0 Å². The van der Waals surface area contributed by atoms with Gasteiger partial charge in [-0.05, 0) is 241 Å². The van der Waals surface area contributed by atoms with Crippen molar-refractivity contribution in [3.63, 3.8) is 0 Å². The van der Waals surface area contributed by atoms with Gasteiger partial charge in [-0.15, -0.1) is 10.2 Å². The molecule has 3 unspecified atom stereocenters. The number of hydrogen-bond donors (Lipinski definition) is 5. The third-order valence-corrected chi connectivity index (χ3v) is 19.3. The van der Waals surface area contributed by atoms with E-state index in [-0.39, 0.29) is 41.3 Å². The minimum absolute atomic E-state index is 0.0997. The predicted octanol–water partition coefficient (Wildman–Crippen LogP) is 15.9. The summed E-state index contributed by atoms with van der Waals surface area (Å²) in [5.74, 6) is -3.16. The number of hydrogen-bond acceptors (Lipinski definition) is 18. The molecule has 0 bridgehead atoms. The molecule has 0 saturated carbocycles. The lowest BCUT2D eigenvalue weighted by Crippen LogP contribution is -2.34. The first-order valence-corrected chi connectivity index (χ1v) is 38.9. The summed E-state index contributed by atoms with van der Waals surface area (Å²) in [6.07, 6.45) is 8.48. The van der Waals surface area contributed by atoms with Gasteiger partial charge in [-0.1, -0.05) is 126 Å². The summed E-state index contributed by atoms with van der Waals surface area (Å²) in [4.78, 5) is 117. The smallest absolute Gasteiger partial charge is 0.338 e. The standard InChI is InChI=1S/C32H29ClN6O4.C31H30ClN3O4.C28H21ClN6O4/c1-32(2,3)43-31(42)22-9-12-25(13-10-22)35-30(41)28(17-21-7-5-4-6-8-21)38-16-15-23(18-29(38)40)26-19-24(33)11-14-27(26)39-20-34-36-37-39;1-31(2,3)39-30(38)21-9-12-24(13-10-21)34-29(37)27(17-20-7-5-4-6-8-20)35-16-15-22(18-28(35)36)25-19-23(32)11-14-26(25)33;29-21-8-11-24(35-17-30-32-33-35)23(16-21)20-12-13-34(26(36)15-20)25(14-18-4-2-1-3-5-18)27(37)31-22-9-6-19(7-10-22)28(38)39/h4-16,18-20,28H,17H2,1-3H3,(H,35,41);4-16,18-19,27H,17,33H2,1-3H3,(H,34,37);1-13,15-17,25H,14H2,(H,31,37)(H,38,39). The normalized spacial score (nSPS) is 11.9. The van der Waals surface area contributed by atoms with E-state index in [9.17, 15) is 43.2 Å². The minimum atomic E-state index is -1.07. The monoisotopic (exact) mass is 1680 g/mol. The van der Waals surface area contributed by atoms with Crippen LogP contribution in [0.1, 0.15) is 107 Å². The van der Waals surface area contributed by atoms with Crippen LogP contribution in [0.5, 0.6) is 0 Å². The number of pyridine rings is 3. The highest BCUT2D eigenvalue weighted by Crippen LogP contribution is 2.34. The molecule has 0 aliphatic carbocycles. The second-order valence-electron chi connectivity index (χ2n) is 29.7. The second kappa shape index (κ2) is 38.7. The molecule has 0 saturated heterocycles. The number of benzene rings is 9. The summed E-state index contributed by atoms with van der Waals surface area (Å²) < 4.78 is 17.9. The molecule has 0 aliphatic heterocycles. The highest BCUT2D eigenvalue weighted by molar-refractivity contribution is 6.31. The molecule has 121 heavy (non-hydrogen) atoms. The third kappa shape index (κ3) is 23.0.